The van der Waals surface area contributed by atoms with Gasteiger partial charge in [-0.25, -0.2) is 0 Å². The maximum absolute atomic E-state index is 13.5. The van der Waals surface area contributed by atoms with Crippen LogP contribution >= 0.6 is 39.5 Å². The van der Waals surface area contributed by atoms with Crippen LogP contribution < -0.4 is 0 Å². The van der Waals surface area contributed by atoms with E-state index in [1.165, 1.54) is 4.90 Å². The van der Waals surface area contributed by atoms with E-state index in [9.17, 15) is 4.79 Å². The number of piperidine rings is 1. The van der Waals surface area contributed by atoms with Crippen molar-refractivity contribution >= 4 is 45.4 Å². The number of rotatable bonds is 8. The summed E-state index contributed by atoms with van der Waals surface area (Å²) >= 11 is 7.10. The van der Waals surface area contributed by atoms with Crippen LogP contribution in [0.5, 0.6) is 0 Å². The van der Waals surface area contributed by atoms with E-state index in [-0.39, 0.29) is 11.5 Å². The van der Waals surface area contributed by atoms with E-state index in [0.717, 1.165) is 45.8 Å². The molecule has 172 valence electrons. The lowest BCUT2D eigenvalue weighted by atomic mass is 9.72. The largest absolute Gasteiger partial charge is 0.465 e. The van der Waals surface area contributed by atoms with Crippen molar-refractivity contribution in [1.29, 1.82) is 0 Å². The minimum atomic E-state index is -0.658. The Balaban J connectivity index is 2.00. The van der Waals surface area contributed by atoms with Gasteiger partial charge >= 0.3 is 5.97 Å². The second-order valence-electron chi connectivity index (χ2n) is 8.57. The van der Waals surface area contributed by atoms with Crippen molar-refractivity contribution in [2.24, 2.45) is 0 Å². The number of benzene rings is 2. The minimum Gasteiger partial charge on any atom is -0.465 e. The van der Waals surface area contributed by atoms with Crippen LogP contribution in [0.15, 0.2) is 74.3 Å². The Kier molecular flexibility index (Phi) is 8.59. The summed E-state index contributed by atoms with van der Waals surface area (Å²) < 4.78 is 6.64. The number of thioether (sulfide) groups is 1. The Hall–Kier alpha value is -1.21. The van der Waals surface area contributed by atoms with Gasteiger partial charge in [0.05, 0.1) is 12.0 Å². The SMILES string of the molecule is C=CC(C)(C)N1CCC(C(=O)OCC)(c2cc(Br)ccc2Sc2ccc(SC)cc2)CC1. The molecular weight excluding hydrogens is 502 g/mol. The first-order chi connectivity index (χ1) is 15.3. The Bertz CT molecular complexity index is 951. The van der Waals surface area contributed by atoms with Crippen LogP contribution in [-0.4, -0.2) is 42.4 Å². The first-order valence-electron chi connectivity index (χ1n) is 10.9. The number of hydrogen-bond acceptors (Lipinski definition) is 5. The summed E-state index contributed by atoms with van der Waals surface area (Å²) in [7, 11) is 0. The van der Waals surface area contributed by atoms with Gasteiger partial charge in [-0.2, -0.15) is 0 Å². The lowest BCUT2D eigenvalue weighted by Crippen LogP contribution is -2.53. The maximum atomic E-state index is 13.5. The first kappa shape index (κ1) is 25.4. The van der Waals surface area contributed by atoms with E-state index in [1.807, 2.05) is 13.0 Å². The molecule has 6 heteroatoms. The molecule has 0 unspecified atom stereocenters. The van der Waals surface area contributed by atoms with E-state index in [0.29, 0.717) is 6.61 Å². The molecule has 1 aliphatic rings. The van der Waals surface area contributed by atoms with Crippen LogP contribution in [0.2, 0.25) is 0 Å². The van der Waals surface area contributed by atoms with Crippen molar-refractivity contribution in [2.45, 2.75) is 59.3 Å². The molecule has 1 fully saturated rings. The highest BCUT2D eigenvalue weighted by Gasteiger charge is 2.47. The van der Waals surface area contributed by atoms with Gasteiger partial charge in [0.15, 0.2) is 0 Å². The van der Waals surface area contributed by atoms with Crippen LogP contribution in [0.1, 0.15) is 39.2 Å². The zero-order chi connectivity index (χ0) is 23.4. The summed E-state index contributed by atoms with van der Waals surface area (Å²) in [5.41, 5.74) is 0.296. The normalized spacial score (nSPS) is 16.5. The Labute approximate surface area is 209 Å². The quantitative estimate of drug-likeness (QED) is 0.203. The first-order valence-corrected chi connectivity index (χ1v) is 13.8. The van der Waals surface area contributed by atoms with Crippen LogP contribution in [0.25, 0.3) is 0 Å². The van der Waals surface area contributed by atoms with Gasteiger partial charge in [0.1, 0.15) is 0 Å². The van der Waals surface area contributed by atoms with Crippen molar-refractivity contribution in [3.63, 3.8) is 0 Å². The molecule has 0 aromatic heterocycles. The fraction of sp³-hybridized carbons (Fsp3) is 0.423. The molecule has 0 amide bonds. The number of ether oxygens (including phenoxy) is 1. The smallest absolute Gasteiger partial charge is 0.316 e. The molecule has 0 saturated carbocycles. The number of nitrogens with zero attached hydrogens (tertiary/aromatic N) is 1. The molecule has 0 atom stereocenters. The van der Waals surface area contributed by atoms with Gasteiger partial charge in [-0.15, -0.1) is 18.3 Å². The summed E-state index contributed by atoms with van der Waals surface area (Å²) in [6.45, 7) is 12.3. The van der Waals surface area contributed by atoms with Crippen molar-refractivity contribution in [3.05, 3.63) is 65.2 Å². The van der Waals surface area contributed by atoms with Crippen LogP contribution in [0, 0.1) is 0 Å². The molecule has 1 aliphatic heterocycles. The lowest BCUT2D eigenvalue weighted by molar-refractivity contribution is -0.153. The molecule has 3 rings (SSSR count). The number of halogens is 1. The highest BCUT2D eigenvalue weighted by Crippen LogP contribution is 2.45. The highest BCUT2D eigenvalue weighted by atomic mass is 79.9. The van der Waals surface area contributed by atoms with Gasteiger partial charge in [0.25, 0.3) is 0 Å². The standard InChI is InChI=1S/C26H32BrNO2S2/c1-6-25(3,4)28-16-14-26(15-17-28,24(29)30-7-2)22-18-19(27)8-13-23(22)32-21-11-9-20(31-5)10-12-21/h6,8-13,18H,1,7,14-17H2,2-5H3. The number of esters is 1. The Morgan fingerprint density at radius 3 is 2.38 bits per heavy atom. The fourth-order valence-corrected chi connectivity index (χ4v) is 5.98. The van der Waals surface area contributed by atoms with E-state index in [4.69, 9.17) is 4.74 Å². The summed E-state index contributed by atoms with van der Waals surface area (Å²) in [6, 6.07) is 14.9. The zero-order valence-corrected chi connectivity index (χ0v) is 22.5. The molecule has 0 N–H and O–H groups in total. The number of carbonyl (C=O) groups is 1. The topological polar surface area (TPSA) is 29.5 Å². The van der Waals surface area contributed by atoms with Crippen molar-refractivity contribution < 1.29 is 9.53 Å². The number of hydrogen-bond donors (Lipinski definition) is 0. The van der Waals surface area contributed by atoms with Gasteiger partial charge in [-0.05, 0) is 87.9 Å². The van der Waals surface area contributed by atoms with Crippen molar-refractivity contribution in [1.82, 2.24) is 4.90 Å². The average molecular weight is 535 g/mol. The lowest BCUT2D eigenvalue weighted by Gasteiger charge is -2.46. The van der Waals surface area contributed by atoms with Gasteiger partial charge in [-0.1, -0.05) is 33.8 Å². The van der Waals surface area contributed by atoms with E-state index >= 15 is 0 Å². The number of likely N-dealkylation sites (tertiary alicyclic amines) is 1. The molecular formula is C26H32BrNO2S2. The monoisotopic (exact) mass is 533 g/mol. The molecule has 32 heavy (non-hydrogen) atoms. The molecule has 1 heterocycles. The van der Waals surface area contributed by atoms with Crippen molar-refractivity contribution in [2.75, 3.05) is 26.0 Å². The van der Waals surface area contributed by atoms with Crippen LogP contribution in [0.4, 0.5) is 0 Å². The van der Waals surface area contributed by atoms with Crippen LogP contribution in [-0.2, 0) is 14.9 Å². The molecule has 0 bridgehead atoms. The maximum Gasteiger partial charge on any atom is 0.316 e. The summed E-state index contributed by atoms with van der Waals surface area (Å²) in [4.78, 5) is 19.4. The Morgan fingerprint density at radius 1 is 1.19 bits per heavy atom. The van der Waals surface area contributed by atoms with E-state index in [1.54, 1.807) is 23.5 Å². The third kappa shape index (κ3) is 5.46. The van der Waals surface area contributed by atoms with Gasteiger partial charge in [0.2, 0.25) is 0 Å². The van der Waals surface area contributed by atoms with Gasteiger partial charge in [-0.3, -0.25) is 9.69 Å². The van der Waals surface area contributed by atoms with Crippen molar-refractivity contribution in [3.8, 4) is 0 Å². The molecule has 0 spiro atoms. The fourth-order valence-electron chi connectivity index (χ4n) is 4.18. The third-order valence-electron chi connectivity index (χ3n) is 6.34. The molecule has 0 radical (unpaired) electrons. The summed E-state index contributed by atoms with van der Waals surface area (Å²) in [5, 5.41) is 0. The second-order valence-corrected chi connectivity index (χ2v) is 11.5. The van der Waals surface area contributed by atoms with E-state index in [2.05, 4.69) is 90.0 Å². The van der Waals surface area contributed by atoms with Gasteiger partial charge < -0.3 is 4.74 Å². The number of carbonyl (C=O) groups excluding carboxylic acids is 1. The molecule has 2 aromatic carbocycles. The minimum absolute atomic E-state index is 0.102. The molecule has 1 saturated heterocycles. The van der Waals surface area contributed by atoms with Crippen LogP contribution in [0.3, 0.4) is 0 Å². The van der Waals surface area contributed by atoms with Gasteiger partial charge in [0, 0.05) is 37.8 Å². The second kappa shape index (κ2) is 10.8. The summed E-state index contributed by atoms with van der Waals surface area (Å²) in [5.74, 6) is -0.117. The summed E-state index contributed by atoms with van der Waals surface area (Å²) in [6.07, 6.45) is 5.51. The Morgan fingerprint density at radius 2 is 1.81 bits per heavy atom. The third-order valence-corrected chi connectivity index (χ3v) is 8.66. The average Bonchev–Trinajstić information content (AvgIpc) is 2.81. The predicted octanol–water partition coefficient (Wildman–Crippen LogP) is 7.18. The molecule has 2 aromatic rings. The zero-order valence-electron chi connectivity index (χ0n) is 19.3. The highest BCUT2D eigenvalue weighted by molar-refractivity contribution is 9.10. The van der Waals surface area contributed by atoms with E-state index < -0.39 is 5.41 Å². The molecule has 3 nitrogen and oxygen atoms in total. The predicted molar refractivity (Wildman–Crippen MR) is 140 cm³/mol. The molecule has 0 aliphatic carbocycles.